The number of hydrogen-bond donors (Lipinski definition) is 3. The van der Waals surface area contributed by atoms with Crippen molar-refractivity contribution in [2.24, 2.45) is 0 Å². The molecule has 3 N–H and O–H groups in total. The number of aromatic nitrogens is 1. The number of rotatable bonds is 5. The van der Waals surface area contributed by atoms with Crippen LogP contribution in [-0.2, 0) is 11.3 Å². The number of carbonyl (C=O) groups is 1. The van der Waals surface area contributed by atoms with Crippen LogP contribution in [0, 0.1) is 0 Å². The number of ether oxygens (including phenoxy) is 1. The number of fused-ring (bicyclic) bond motifs is 1. The second-order valence-electron chi connectivity index (χ2n) is 5.32. The maximum absolute atomic E-state index is 11.8. The average molecular weight is 335 g/mol. The molecule has 0 spiro atoms. The van der Waals surface area contributed by atoms with Gasteiger partial charge in [0, 0.05) is 23.5 Å². The van der Waals surface area contributed by atoms with Gasteiger partial charge in [-0.1, -0.05) is 11.3 Å². The van der Waals surface area contributed by atoms with Gasteiger partial charge in [0.1, 0.15) is 5.75 Å². The predicted octanol–water partition coefficient (Wildman–Crippen LogP) is 0.858. The molecule has 2 aromatic rings. The molecule has 8 heteroatoms. The summed E-state index contributed by atoms with van der Waals surface area (Å²) >= 11 is 1.15. The minimum Gasteiger partial charge on any atom is -0.482 e. The fraction of sp³-hybridized carbons (Fsp3) is 0.333. The topological polar surface area (TPSA) is 94.7 Å². The van der Waals surface area contributed by atoms with E-state index in [9.17, 15) is 9.59 Å². The average Bonchev–Trinajstić information content (AvgIpc) is 2.87. The molecule has 0 saturated heterocycles. The third kappa shape index (κ3) is 3.44. The summed E-state index contributed by atoms with van der Waals surface area (Å²) in [5.74, 6) is 0.418. The van der Waals surface area contributed by atoms with Crippen LogP contribution in [0.4, 0.5) is 5.69 Å². The number of benzene rings is 1. The van der Waals surface area contributed by atoms with Crippen LogP contribution in [0.25, 0.3) is 11.3 Å². The lowest BCUT2D eigenvalue weighted by molar-refractivity contribution is -0.118. The molecule has 0 fully saturated rings. The number of aromatic amines is 1. The van der Waals surface area contributed by atoms with Gasteiger partial charge in [0.15, 0.2) is 6.61 Å². The van der Waals surface area contributed by atoms with Gasteiger partial charge in [-0.05, 0) is 25.2 Å². The fourth-order valence-corrected chi connectivity index (χ4v) is 3.37. The highest BCUT2D eigenvalue weighted by atomic mass is 32.1. The van der Waals surface area contributed by atoms with Gasteiger partial charge in [-0.15, -0.1) is 0 Å². The van der Waals surface area contributed by atoms with Gasteiger partial charge in [-0.3, -0.25) is 14.5 Å². The van der Waals surface area contributed by atoms with Crippen molar-refractivity contribution in [2.75, 3.05) is 32.1 Å². The normalized spacial score (nSPS) is 13.6. The van der Waals surface area contributed by atoms with Crippen LogP contribution in [0.1, 0.15) is 4.88 Å². The first kappa shape index (κ1) is 15.7. The Labute approximate surface area is 136 Å². The quantitative estimate of drug-likeness (QED) is 0.753. The lowest BCUT2D eigenvalue weighted by Gasteiger charge is -2.19. The van der Waals surface area contributed by atoms with Gasteiger partial charge < -0.3 is 20.1 Å². The summed E-state index contributed by atoms with van der Waals surface area (Å²) in [4.78, 5) is 28.7. The molecule has 0 aliphatic carbocycles. The van der Waals surface area contributed by atoms with E-state index in [-0.39, 0.29) is 24.0 Å². The first-order valence-electron chi connectivity index (χ1n) is 7.15. The Morgan fingerprint density at radius 3 is 3.00 bits per heavy atom. The molecule has 122 valence electrons. The van der Waals surface area contributed by atoms with E-state index in [1.165, 1.54) is 0 Å². The maximum atomic E-state index is 11.8. The van der Waals surface area contributed by atoms with Crippen molar-refractivity contribution in [3.8, 4) is 17.0 Å². The molecular formula is C15H17N3O4S. The fourth-order valence-electron chi connectivity index (χ4n) is 2.44. The van der Waals surface area contributed by atoms with E-state index in [0.717, 1.165) is 27.5 Å². The van der Waals surface area contributed by atoms with Crippen molar-refractivity contribution in [1.82, 2.24) is 9.88 Å². The molecule has 1 aliphatic rings. The standard InChI is InChI=1S/C15H17N3O4S/c1-18(4-5-19)7-12-14(17-15(21)23-12)9-2-3-11-10(6-9)16-13(20)8-22-11/h2-3,6,19H,4-5,7-8H2,1H3,(H,16,20)(H,17,21). The lowest BCUT2D eigenvalue weighted by atomic mass is 10.1. The summed E-state index contributed by atoms with van der Waals surface area (Å²) < 4.78 is 5.34. The first-order chi connectivity index (χ1) is 11.1. The minimum absolute atomic E-state index is 0.0127. The predicted molar refractivity (Wildman–Crippen MR) is 87.9 cm³/mol. The van der Waals surface area contributed by atoms with Crippen molar-refractivity contribution in [1.29, 1.82) is 0 Å². The molecule has 23 heavy (non-hydrogen) atoms. The summed E-state index contributed by atoms with van der Waals surface area (Å²) in [7, 11) is 1.88. The highest BCUT2D eigenvalue weighted by Gasteiger charge is 2.18. The smallest absolute Gasteiger partial charge is 0.305 e. The molecule has 0 unspecified atom stereocenters. The Bertz CT molecular complexity index is 783. The number of aliphatic hydroxyl groups is 1. The molecule has 7 nitrogen and oxygen atoms in total. The van der Waals surface area contributed by atoms with E-state index in [4.69, 9.17) is 9.84 Å². The Balaban J connectivity index is 1.94. The van der Waals surface area contributed by atoms with Crippen molar-refractivity contribution >= 4 is 22.9 Å². The first-order valence-corrected chi connectivity index (χ1v) is 7.97. The summed E-state index contributed by atoms with van der Waals surface area (Å²) in [5, 5.41) is 11.8. The minimum atomic E-state index is -0.198. The van der Waals surface area contributed by atoms with Gasteiger partial charge >= 0.3 is 4.87 Å². The third-order valence-corrected chi connectivity index (χ3v) is 4.39. The van der Waals surface area contributed by atoms with Crippen LogP contribution in [-0.4, -0.2) is 47.7 Å². The van der Waals surface area contributed by atoms with Gasteiger partial charge in [0.05, 0.1) is 18.0 Å². The summed E-state index contributed by atoms with van der Waals surface area (Å²) in [6.45, 7) is 1.16. The Morgan fingerprint density at radius 1 is 1.39 bits per heavy atom. The zero-order chi connectivity index (χ0) is 16.4. The number of aliphatic hydroxyl groups excluding tert-OH is 1. The van der Waals surface area contributed by atoms with Gasteiger partial charge in [-0.25, -0.2) is 0 Å². The van der Waals surface area contributed by atoms with Crippen LogP contribution in [0.3, 0.4) is 0 Å². The van der Waals surface area contributed by atoms with E-state index in [2.05, 4.69) is 10.3 Å². The summed E-state index contributed by atoms with van der Waals surface area (Å²) in [6.07, 6.45) is 0. The third-order valence-electron chi connectivity index (χ3n) is 3.52. The highest BCUT2D eigenvalue weighted by Crippen LogP contribution is 2.33. The molecule has 0 bridgehead atoms. The zero-order valence-corrected chi connectivity index (χ0v) is 13.4. The van der Waals surface area contributed by atoms with Crippen LogP contribution in [0.5, 0.6) is 5.75 Å². The number of nitrogens with one attached hydrogen (secondary N) is 2. The van der Waals surface area contributed by atoms with E-state index in [1.807, 2.05) is 18.0 Å². The van der Waals surface area contributed by atoms with Crippen molar-refractivity contribution in [2.45, 2.75) is 6.54 Å². The maximum Gasteiger partial charge on any atom is 0.305 e. The number of thiazole rings is 1. The van der Waals surface area contributed by atoms with E-state index < -0.39 is 0 Å². The summed E-state index contributed by atoms with van der Waals surface area (Å²) in [6, 6.07) is 5.42. The molecule has 1 aromatic carbocycles. The number of likely N-dealkylation sites (N-methyl/N-ethyl adjacent to an activating group) is 1. The van der Waals surface area contributed by atoms with Crippen LogP contribution in [0.15, 0.2) is 23.0 Å². The molecule has 0 radical (unpaired) electrons. The Kier molecular flexibility index (Phi) is 4.46. The summed E-state index contributed by atoms with van der Waals surface area (Å²) in [5.41, 5.74) is 2.13. The highest BCUT2D eigenvalue weighted by molar-refractivity contribution is 7.09. The van der Waals surface area contributed by atoms with E-state index in [1.54, 1.807) is 12.1 Å². The number of anilines is 1. The molecular weight excluding hydrogens is 318 g/mol. The monoisotopic (exact) mass is 335 g/mol. The lowest BCUT2D eigenvalue weighted by Crippen LogP contribution is -2.25. The number of H-pyrrole nitrogens is 1. The van der Waals surface area contributed by atoms with Crippen LogP contribution < -0.4 is 14.9 Å². The van der Waals surface area contributed by atoms with Gasteiger partial charge in [0.2, 0.25) is 0 Å². The van der Waals surface area contributed by atoms with Crippen molar-refractivity contribution in [3.63, 3.8) is 0 Å². The van der Waals surface area contributed by atoms with Crippen LogP contribution in [0.2, 0.25) is 0 Å². The number of amides is 1. The van der Waals surface area contributed by atoms with Crippen molar-refractivity contribution < 1.29 is 14.6 Å². The Morgan fingerprint density at radius 2 is 2.22 bits per heavy atom. The molecule has 2 heterocycles. The SMILES string of the molecule is CN(CCO)Cc1sc(=O)[nH]c1-c1ccc2c(c1)NC(=O)CO2. The molecule has 1 aliphatic heterocycles. The van der Waals surface area contributed by atoms with E-state index >= 15 is 0 Å². The van der Waals surface area contributed by atoms with E-state index in [0.29, 0.717) is 24.5 Å². The largest absolute Gasteiger partial charge is 0.482 e. The second kappa shape index (κ2) is 6.53. The molecule has 1 aromatic heterocycles. The number of nitrogens with zero attached hydrogens (tertiary/aromatic N) is 1. The molecule has 3 rings (SSSR count). The number of hydrogen-bond acceptors (Lipinski definition) is 6. The van der Waals surface area contributed by atoms with Crippen LogP contribution >= 0.6 is 11.3 Å². The second-order valence-corrected chi connectivity index (χ2v) is 6.39. The van der Waals surface area contributed by atoms with Gasteiger partial charge in [0.25, 0.3) is 5.91 Å². The van der Waals surface area contributed by atoms with Crippen molar-refractivity contribution in [3.05, 3.63) is 32.7 Å². The Hall–Kier alpha value is -2.16. The van der Waals surface area contributed by atoms with Gasteiger partial charge in [-0.2, -0.15) is 0 Å². The molecule has 0 saturated carbocycles. The number of carbonyl (C=O) groups excluding carboxylic acids is 1. The molecule has 1 amide bonds. The molecule has 0 atom stereocenters. The zero-order valence-electron chi connectivity index (χ0n) is 12.6.